The van der Waals surface area contributed by atoms with Crippen molar-refractivity contribution in [3.63, 3.8) is 0 Å². The van der Waals surface area contributed by atoms with Gasteiger partial charge in [-0.15, -0.1) is 0 Å². The molecule has 0 saturated heterocycles. The fourth-order valence-electron chi connectivity index (χ4n) is 3.73. The molecule has 33 heavy (non-hydrogen) atoms. The van der Waals surface area contributed by atoms with Gasteiger partial charge in [0, 0.05) is 24.0 Å². The Bertz CT molecular complexity index is 1560. The molecule has 0 spiro atoms. The van der Waals surface area contributed by atoms with Crippen LogP contribution in [0.25, 0.3) is 27.6 Å². The summed E-state index contributed by atoms with van der Waals surface area (Å²) in [7, 11) is 0. The number of hydrogen-bond donors (Lipinski definition) is 1. The van der Waals surface area contributed by atoms with Crippen LogP contribution in [0.3, 0.4) is 0 Å². The Morgan fingerprint density at radius 3 is 2.70 bits per heavy atom. The number of nitrogens with one attached hydrogen (secondary N) is 1. The van der Waals surface area contributed by atoms with E-state index in [1.54, 1.807) is 12.1 Å². The van der Waals surface area contributed by atoms with Gasteiger partial charge < -0.3 is 5.32 Å². The molecule has 1 N–H and O–H groups in total. The number of nitrogens with zero attached hydrogens (tertiary/aromatic N) is 5. The zero-order valence-electron chi connectivity index (χ0n) is 17.7. The fourth-order valence-corrected chi connectivity index (χ4v) is 3.73. The second-order valence-electron chi connectivity index (χ2n) is 7.64. The van der Waals surface area contributed by atoms with Crippen LogP contribution in [0, 0.1) is 12.7 Å². The minimum Gasteiger partial charge on any atom is -0.325 e. The molecule has 0 fully saturated rings. The Balaban J connectivity index is 1.35. The van der Waals surface area contributed by atoms with Crippen LogP contribution in [-0.2, 0) is 11.3 Å². The maximum Gasteiger partial charge on any atom is 0.264 e. The topological polar surface area (TPSA) is 94.7 Å². The van der Waals surface area contributed by atoms with Crippen molar-refractivity contribution in [1.82, 2.24) is 24.3 Å². The summed E-state index contributed by atoms with van der Waals surface area (Å²) >= 11 is 0. The molecule has 2 aromatic carbocycles. The highest BCUT2D eigenvalue weighted by atomic mass is 19.1. The number of anilines is 1. The Morgan fingerprint density at radius 2 is 1.88 bits per heavy atom. The summed E-state index contributed by atoms with van der Waals surface area (Å²) in [6, 6.07) is 15.2. The molecule has 0 aliphatic rings. The van der Waals surface area contributed by atoms with E-state index in [4.69, 9.17) is 0 Å². The Hall–Kier alpha value is -4.40. The Morgan fingerprint density at radius 1 is 1.09 bits per heavy atom. The summed E-state index contributed by atoms with van der Waals surface area (Å²) in [5, 5.41) is 8.31. The molecule has 0 radical (unpaired) electrons. The number of fused-ring (bicyclic) bond motifs is 2. The zero-order chi connectivity index (χ0) is 22.9. The van der Waals surface area contributed by atoms with Crippen molar-refractivity contribution in [1.29, 1.82) is 0 Å². The number of carbonyl (C=O) groups excluding carboxylic acids is 1. The molecule has 5 aromatic rings. The van der Waals surface area contributed by atoms with Crippen molar-refractivity contribution in [3.8, 4) is 5.69 Å². The smallest absolute Gasteiger partial charge is 0.264 e. The number of amides is 1. The molecule has 1 amide bonds. The zero-order valence-corrected chi connectivity index (χ0v) is 17.7. The Labute approximate surface area is 187 Å². The van der Waals surface area contributed by atoms with Crippen LogP contribution >= 0.6 is 0 Å². The summed E-state index contributed by atoms with van der Waals surface area (Å²) < 4.78 is 16.1. The average molecular weight is 442 g/mol. The number of hydrogen-bond acceptors (Lipinski definition) is 5. The van der Waals surface area contributed by atoms with Gasteiger partial charge in [-0.1, -0.05) is 18.2 Å². The van der Waals surface area contributed by atoms with Crippen molar-refractivity contribution in [2.45, 2.75) is 19.9 Å². The molecule has 9 heteroatoms. The van der Waals surface area contributed by atoms with Crippen LogP contribution in [0.1, 0.15) is 12.1 Å². The van der Waals surface area contributed by atoms with Crippen molar-refractivity contribution >= 4 is 33.5 Å². The first-order valence-electron chi connectivity index (χ1n) is 10.3. The van der Waals surface area contributed by atoms with Gasteiger partial charge in [-0.3, -0.25) is 19.1 Å². The number of halogens is 1. The van der Waals surface area contributed by atoms with Gasteiger partial charge in [-0.05, 0) is 43.3 Å². The second kappa shape index (κ2) is 8.27. The predicted octanol–water partition coefficient (Wildman–Crippen LogP) is 3.61. The SMILES string of the molecule is Cc1cc(NC(=O)CCn2cnc3c(cnn3-c3ccc(F)cc3)c2=O)c2ccccc2n1. The maximum absolute atomic E-state index is 13.2. The first-order valence-corrected chi connectivity index (χ1v) is 10.3. The van der Waals surface area contributed by atoms with E-state index >= 15 is 0 Å². The van der Waals surface area contributed by atoms with E-state index < -0.39 is 0 Å². The predicted molar refractivity (Wildman–Crippen MR) is 123 cm³/mol. The van der Waals surface area contributed by atoms with Crippen molar-refractivity contribution < 1.29 is 9.18 Å². The maximum atomic E-state index is 13.2. The summed E-state index contributed by atoms with van der Waals surface area (Å²) in [6.45, 7) is 2.03. The van der Waals surface area contributed by atoms with E-state index in [1.165, 1.54) is 33.9 Å². The summed E-state index contributed by atoms with van der Waals surface area (Å²) in [6.07, 6.45) is 2.91. The van der Waals surface area contributed by atoms with Gasteiger partial charge in [-0.2, -0.15) is 5.10 Å². The van der Waals surface area contributed by atoms with Crippen LogP contribution < -0.4 is 10.9 Å². The molecule has 3 heterocycles. The molecular weight excluding hydrogens is 423 g/mol. The minimum atomic E-state index is -0.362. The summed E-state index contributed by atoms with van der Waals surface area (Å²) in [5.74, 6) is -0.585. The van der Waals surface area contributed by atoms with Gasteiger partial charge >= 0.3 is 0 Å². The van der Waals surface area contributed by atoms with Gasteiger partial charge in [0.2, 0.25) is 5.91 Å². The third kappa shape index (κ3) is 3.96. The molecule has 5 rings (SSSR count). The molecule has 164 valence electrons. The highest BCUT2D eigenvalue weighted by Crippen LogP contribution is 2.23. The highest BCUT2D eigenvalue weighted by Gasteiger charge is 2.13. The Kier molecular flexibility index (Phi) is 5.14. The van der Waals surface area contributed by atoms with Gasteiger partial charge in [0.15, 0.2) is 5.65 Å². The first-order chi connectivity index (χ1) is 16.0. The van der Waals surface area contributed by atoms with Crippen LogP contribution in [-0.4, -0.2) is 30.2 Å². The number of benzene rings is 2. The summed E-state index contributed by atoms with van der Waals surface area (Å²) in [4.78, 5) is 34.3. The monoisotopic (exact) mass is 442 g/mol. The lowest BCUT2D eigenvalue weighted by Gasteiger charge is -2.10. The molecule has 0 unspecified atom stereocenters. The summed E-state index contributed by atoms with van der Waals surface area (Å²) in [5.41, 5.74) is 2.95. The standard InChI is InChI=1S/C24H19FN6O2/c1-15-12-21(18-4-2-3-5-20(18)28-15)29-22(32)10-11-30-14-26-23-19(24(30)33)13-27-31(23)17-8-6-16(25)7-9-17/h2-9,12-14H,10-11H2,1H3,(H,28,29,32). The fraction of sp³-hybridized carbons (Fsp3) is 0.125. The molecule has 0 atom stereocenters. The molecule has 0 saturated carbocycles. The van der Waals surface area contributed by atoms with E-state index in [0.29, 0.717) is 22.4 Å². The molecule has 0 aliphatic heterocycles. The third-order valence-electron chi connectivity index (χ3n) is 5.32. The largest absolute Gasteiger partial charge is 0.325 e. The van der Waals surface area contributed by atoms with E-state index in [9.17, 15) is 14.0 Å². The van der Waals surface area contributed by atoms with Gasteiger partial charge in [0.05, 0.1) is 29.4 Å². The van der Waals surface area contributed by atoms with E-state index in [2.05, 4.69) is 20.4 Å². The van der Waals surface area contributed by atoms with Crippen molar-refractivity contribution in [2.75, 3.05) is 5.32 Å². The highest BCUT2D eigenvalue weighted by molar-refractivity contribution is 6.01. The van der Waals surface area contributed by atoms with Crippen LogP contribution in [0.4, 0.5) is 10.1 Å². The quantitative estimate of drug-likeness (QED) is 0.449. The van der Waals surface area contributed by atoms with Gasteiger partial charge in [0.25, 0.3) is 5.56 Å². The van der Waals surface area contributed by atoms with E-state index in [0.717, 1.165) is 16.6 Å². The van der Waals surface area contributed by atoms with Crippen molar-refractivity contribution in [2.24, 2.45) is 0 Å². The van der Waals surface area contributed by atoms with Gasteiger partial charge in [0.1, 0.15) is 11.2 Å². The van der Waals surface area contributed by atoms with Crippen LogP contribution in [0.2, 0.25) is 0 Å². The number of aromatic nitrogens is 5. The molecule has 8 nitrogen and oxygen atoms in total. The normalized spacial score (nSPS) is 11.2. The van der Waals surface area contributed by atoms with Crippen molar-refractivity contribution in [3.05, 3.63) is 89.0 Å². The van der Waals surface area contributed by atoms with Gasteiger partial charge in [-0.25, -0.2) is 14.1 Å². The van der Waals surface area contributed by atoms with Crippen LogP contribution in [0.5, 0.6) is 0 Å². The van der Waals surface area contributed by atoms with E-state index in [-0.39, 0.29) is 30.2 Å². The lowest BCUT2D eigenvalue weighted by atomic mass is 10.1. The first kappa shape index (κ1) is 20.5. The molecule has 3 aromatic heterocycles. The lowest BCUT2D eigenvalue weighted by Crippen LogP contribution is -2.23. The molecule has 0 aliphatic carbocycles. The van der Waals surface area contributed by atoms with Crippen LogP contribution in [0.15, 0.2) is 71.9 Å². The second-order valence-corrected chi connectivity index (χ2v) is 7.64. The number of pyridine rings is 1. The number of para-hydroxylation sites is 1. The number of aryl methyl sites for hydroxylation is 2. The minimum absolute atomic E-state index is 0.0922. The average Bonchev–Trinajstić information content (AvgIpc) is 3.24. The third-order valence-corrected chi connectivity index (χ3v) is 5.32. The number of carbonyl (C=O) groups is 1. The number of rotatable bonds is 5. The molecule has 0 bridgehead atoms. The molecular formula is C24H19FN6O2. The lowest BCUT2D eigenvalue weighted by molar-refractivity contribution is -0.116. The van der Waals surface area contributed by atoms with E-state index in [1.807, 2.05) is 37.3 Å².